The molecule has 0 radical (unpaired) electrons. The Labute approximate surface area is 155 Å². The molecule has 0 bridgehead atoms. The lowest BCUT2D eigenvalue weighted by atomic mass is 10.2. The van der Waals surface area contributed by atoms with E-state index in [1.807, 2.05) is 0 Å². The maximum absolute atomic E-state index is 13.7. The molecule has 0 spiro atoms. The van der Waals surface area contributed by atoms with Gasteiger partial charge in [0.15, 0.2) is 11.5 Å². The molecule has 0 saturated heterocycles. The molecule has 27 heavy (non-hydrogen) atoms. The molecule has 7 nitrogen and oxygen atoms in total. The number of methoxy groups -OCH3 is 2. The van der Waals surface area contributed by atoms with E-state index in [0.29, 0.717) is 22.9 Å². The molecule has 3 aromatic rings. The summed E-state index contributed by atoms with van der Waals surface area (Å²) in [6, 6.07) is 10.3. The van der Waals surface area contributed by atoms with E-state index in [2.05, 4.69) is 15.5 Å². The monoisotopic (exact) mass is 371 g/mol. The summed E-state index contributed by atoms with van der Waals surface area (Å²) in [5, 5.41) is 6.57. The molecule has 1 aromatic heterocycles. The molecule has 0 aliphatic heterocycles. The Morgan fingerprint density at radius 1 is 1.15 bits per heavy atom. The Kier molecular flexibility index (Phi) is 5.35. The van der Waals surface area contributed by atoms with Gasteiger partial charge in [0.2, 0.25) is 11.7 Å². The number of benzene rings is 2. The summed E-state index contributed by atoms with van der Waals surface area (Å²) < 4.78 is 29.4. The fourth-order valence-corrected chi connectivity index (χ4v) is 2.49. The fraction of sp³-hybridized carbons (Fsp3) is 0.211. The van der Waals surface area contributed by atoms with Crippen LogP contribution in [-0.4, -0.2) is 30.3 Å². The minimum Gasteiger partial charge on any atom is -0.493 e. The van der Waals surface area contributed by atoms with Crippen molar-refractivity contribution < 1.29 is 23.2 Å². The van der Waals surface area contributed by atoms with Crippen molar-refractivity contribution in [3.8, 4) is 22.9 Å². The second-order valence-corrected chi connectivity index (χ2v) is 5.70. The summed E-state index contributed by atoms with van der Waals surface area (Å²) in [5.74, 6) is 0.477. The molecule has 8 heteroatoms. The third-order valence-electron chi connectivity index (χ3n) is 3.92. The van der Waals surface area contributed by atoms with Gasteiger partial charge in [-0.05, 0) is 37.3 Å². The molecule has 1 heterocycles. The average molecular weight is 371 g/mol. The zero-order valence-corrected chi connectivity index (χ0v) is 15.0. The zero-order chi connectivity index (χ0) is 19.4. The van der Waals surface area contributed by atoms with Gasteiger partial charge in [-0.2, -0.15) is 4.98 Å². The van der Waals surface area contributed by atoms with Gasteiger partial charge in [-0.1, -0.05) is 17.3 Å². The molecule has 0 fully saturated rings. The van der Waals surface area contributed by atoms with Crippen molar-refractivity contribution in [1.82, 2.24) is 15.5 Å². The van der Waals surface area contributed by atoms with Gasteiger partial charge in [0.25, 0.3) is 5.91 Å². The van der Waals surface area contributed by atoms with Crippen molar-refractivity contribution in [2.45, 2.75) is 13.0 Å². The third-order valence-corrected chi connectivity index (χ3v) is 3.92. The van der Waals surface area contributed by atoms with E-state index in [1.54, 1.807) is 38.3 Å². The van der Waals surface area contributed by atoms with Crippen molar-refractivity contribution in [3.63, 3.8) is 0 Å². The van der Waals surface area contributed by atoms with E-state index in [-0.39, 0.29) is 11.5 Å². The SMILES string of the molecule is COc1ccc(-c2noc([C@@H](C)NC(=O)c3ccccc3F)n2)cc1OC. The number of carbonyl (C=O) groups is 1. The Bertz CT molecular complexity index is 958. The van der Waals surface area contributed by atoms with Crippen LogP contribution in [0, 0.1) is 5.82 Å². The van der Waals surface area contributed by atoms with Crippen molar-refractivity contribution in [2.75, 3.05) is 14.2 Å². The number of hydrogen-bond donors (Lipinski definition) is 1. The Balaban J connectivity index is 1.77. The minimum atomic E-state index is -0.599. The van der Waals surface area contributed by atoms with Crippen molar-refractivity contribution >= 4 is 5.91 Å². The Morgan fingerprint density at radius 2 is 1.89 bits per heavy atom. The predicted molar refractivity (Wildman–Crippen MR) is 95.1 cm³/mol. The Morgan fingerprint density at radius 3 is 2.59 bits per heavy atom. The zero-order valence-electron chi connectivity index (χ0n) is 15.0. The molecule has 0 aliphatic rings. The van der Waals surface area contributed by atoms with Crippen LogP contribution in [0.15, 0.2) is 47.0 Å². The van der Waals surface area contributed by atoms with Crippen LogP contribution >= 0.6 is 0 Å². The second kappa shape index (κ2) is 7.86. The van der Waals surface area contributed by atoms with Crippen molar-refractivity contribution in [3.05, 3.63) is 59.7 Å². The highest BCUT2D eigenvalue weighted by Crippen LogP contribution is 2.31. The molecule has 0 unspecified atom stereocenters. The molecule has 1 N–H and O–H groups in total. The van der Waals surface area contributed by atoms with E-state index in [4.69, 9.17) is 14.0 Å². The van der Waals surface area contributed by atoms with Gasteiger partial charge in [-0.25, -0.2) is 4.39 Å². The highest BCUT2D eigenvalue weighted by molar-refractivity contribution is 5.94. The van der Waals surface area contributed by atoms with Gasteiger partial charge < -0.3 is 19.3 Å². The van der Waals surface area contributed by atoms with Crippen LogP contribution < -0.4 is 14.8 Å². The van der Waals surface area contributed by atoms with Crippen LogP contribution in [0.3, 0.4) is 0 Å². The third kappa shape index (κ3) is 3.89. The number of ether oxygens (including phenoxy) is 2. The average Bonchev–Trinajstić information content (AvgIpc) is 3.18. The lowest BCUT2D eigenvalue weighted by Crippen LogP contribution is -2.27. The van der Waals surface area contributed by atoms with E-state index >= 15 is 0 Å². The minimum absolute atomic E-state index is 0.0519. The maximum Gasteiger partial charge on any atom is 0.254 e. The number of aromatic nitrogens is 2. The Hall–Kier alpha value is -3.42. The molecule has 0 saturated carbocycles. The first-order chi connectivity index (χ1) is 13.0. The van der Waals surface area contributed by atoms with Crippen molar-refractivity contribution in [1.29, 1.82) is 0 Å². The van der Waals surface area contributed by atoms with Crippen LogP contribution in [0.5, 0.6) is 11.5 Å². The lowest BCUT2D eigenvalue weighted by molar-refractivity contribution is 0.0928. The number of rotatable bonds is 6. The van der Waals surface area contributed by atoms with Gasteiger partial charge >= 0.3 is 0 Å². The summed E-state index contributed by atoms with van der Waals surface area (Å²) in [6.45, 7) is 1.67. The lowest BCUT2D eigenvalue weighted by Gasteiger charge is -2.10. The summed E-state index contributed by atoms with van der Waals surface area (Å²) in [6.07, 6.45) is 0. The molecule has 140 valence electrons. The quantitative estimate of drug-likeness (QED) is 0.715. The first-order valence-corrected chi connectivity index (χ1v) is 8.15. The van der Waals surface area contributed by atoms with Gasteiger partial charge in [-0.3, -0.25) is 4.79 Å². The molecule has 0 aliphatic carbocycles. The molecule has 2 aromatic carbocycles. The van der Waals surface area contributed by atoms with E-state index in [1.165, 1.54) is 25.3 Å². The smallest absolute Gasteiger partial charge is 0.254 e. The predicted octanol–water partition coefficient (Wildman–Crippen LogP) is 3.38. The van der Waals surface area contributed by atoms with Gasteiger partial charge in [0.05, 0.1) is 19.8 Å². The summed E-state index contributed by atoms with van der Waals surface area (Å²) >= 11 is 0. The topological polar surface area (TPSA) is 86.5 Å². The number of nitrogens with one attached hydrogen (secondary N) is 1. The number of halogens is 1. The van der Waals surface area contributed by atoms with Crippen LogP contribution in [-0.2, 0) is 0 Å². The molecule has 1 atom stereocenters. The summed E-state index contributed by atoms with van der Waals surface area (Å²) in [7, 11) is 3.08. The summed E-state index contributed by atoms with van der Waals surface area (Å²) in [4.78, 5) is 16.5. The van der Waals surface area contributed by atoms with E-state index < -0.39 is 17.8 Å². The van der Waals surface area contributed by atoms with Crippen molar-refractivity contribution in [2.24, 2.45) is 0 Å². The summed E-state index contributed by atoms with van der Waals surface area (Å²) in [5.41, 5.74) is 0.610. The van der Waals surface area contributed by atoms with Crippen LogP contribution in [0.1, 0.15) is 29.2 Å². The molecule has 3 rings (SSSR count). The maximum atomic E-state index is 13.7. The largest absolute Gasteiger partial charge is 0.493 e. The van der Waals surface area contributed by atoms with Crippen LogP contribution in [0.25, 0.3) is 11.4 Å². The number of amides is 1. The highest BCUT2D eigenvalue weighted by atomic mass is 19.1. The number of carbonyl (C=O) groups excluding carboxylic acids is 1. The van der Waals surface area contributed by atoms with E-state index in [0.717, 1.165) is 0 Å². The molecule has 1 amide bonds. The van der Waals surface area contributed by atoms with Gasteiger partial charge in [-0.15, -0.1) is 0 Å². The number of nitrogens with zero attached hydrogens (tertiary/aromatic N) is 2. The van der Waals surface area contributed by atoms with Gasteiger partial charge in [0.1, 0.15) is 11.9 Å². The van der Waals surface area contributed by atoms with E-state index in [9.17, 15) is 9.18 Å². The van der Waals surface area contributed by atoms with Gasteiger partial charge in [0, 0.05) is 5.56 Å². The number of hydrogen-bond acceptors (Lipinski definition) is 6. The second-order valence-electron chi connectivity index (χ2n) is 5.70. The van der Waals surface area contributed by atoms with Crippen LogP contribution in [0.2, 0.25) is 0 Å². The molecular formula is C19H18FN3O4. The van der Waals surface area contributed by atoms with Crippen LogP contribution in [0.4, 0.5) is 4.39 Å². The molecular weight excluding hydrogens is 353 g/mol. The highest BCUT2D eigenvalue weighted by Gasteiger charge is 2.20. The first kappa shape index (κ1) is 18.4. The fourth-order valence-electron chi connectivity index (χ4n) is 2.49. The standard InChI is InChI=1S/C19H18FN3O4/c1-11(21-18(24)13-6-4-5-7-14(13)20)19-22-17(23-27-19)12-8-9-15(25-2)16(10-12)26-3/h4-11H,1-3H3,(H,21,24)/t11-/m1/s1. The normalized spacial score (nSPS) is 11.7. The first-order valence-electron chi connectivity index (χ1n) is 8.15.